The number of hydrogen-bond acceptors (Lipinski definition) is 2. The highest BCUT2D eigenvalue weighted by Crippen LogP contribution is 2.53. The molecular weight excluding hydrogens is 234 g/mol. The Bertz CT molecular complexity index is 390. The van der Waals surface area contributed by atoms with E-state index in [4.69, 9.17) is 4.74 Å². The summed E-state index contributed by atoms with van der Waals surface area (Å²) in [6.45, 7) is 1.82. The van der Waals surface area contributed by atoms with Gasteiger partial charge in [0.05, 0.1) is 6.61 Å². The fraction of sp³-hybridized carbons (Fsp3) is 0.647. The summed E-state index contributed by atoms with van der Waals surface area (Å²) >= 11 is 0. The van der Waals surface area contributed by atoms with Crippen molar-refractivity contribution in [3.63, 3.8) is 0 Å². The molecule has 2 heteroatoms. The van der Waals surface area contributed by atoms with Crippen LogP contribution in [0.25, 0.3) is 0 Å². The Kier molecular flexibility index (Phi) is 3.64. The quantitative estimate of drug-likeness (QED) is 0.819. The van der Waals surface area contributed by atoms with Gasteiger partial charge in [0.1, 0.15) is 0 Å². The lowest BCUT2D eigenvalue weighted by Crippen LogP contribution is -2.56. The molecule has 0 spiro atoms. The minimum Gasteiger partial charge on any atom is -0.383 e. The zero-order valence-electron chi connectivity index (χ0n) is 12.0. The van der Waals surface area contributed by atoms with Crippen LogP contribution in [0.15, 0.2) is 30.3 Å². The van der Waals surface area contributed by atoms with E-state index < -0.39 is 0 Å². The first-order valence-electron chi connectivity index (χ1n) is 7.58. The standard InChI is InChI=1S/C17H25NO/c1-19-14-13-18-17-10-7-16(8-11-17,9-12-17)15-5-3-2-4-6-15/h2-6,18H,7-14H2,1H3. The third-order valence-electron chi connectivity index (χ3n) is 5.44. The second kappa shape index (κ2) is 5.26. The molecule has 104 valence electrons. The molecule has 0 saturated heterocycles. The average molecular weight is 259 g/mol. The molecule has 0 amide bonds. The summed E-state index contributed by atoms with van der Waals surface area (Å²) in [6, 6.07) is 11.2. The number of ether oxygens (including phenoxy) is 1. The van der Waals surface area contributed by atoms with E-state index >= 15 is 0 Å². The molecule has 3 aliphatic rings. The van der Waals surface area contributed by atoms with Gasteiger partial charge in [0.15, 0.2) is 0 Å². The van der Waals surface area contributed by atoms with Crippen LogP contribution in [0.3, 0.4) is 0 Å². The highest BCUT2D eigenvalue weighted by Gasteiger charge is 2.48. The number of hydrogen-bond donors (Lipinski definition) is 1. The molecule has 2 bridgehead atoms. The molecule has 0 aliphatic heterocycles. The third-order valence-corrected chi connectivity index (χ3v) is 5.44. The Hall–Kier alpha value is -0.860. The van der Waals surface area contributed by atoms with Crippen LogP contribution in [-0.2, 0) is 10.2 Å². The zero-order valence-corrected chi connectivity index (χ0v) is 12.0. The molecule has 1 aromatic rings. The van der Waals surface area contributed by atoms with Crippen LogP contribution in [0.1, 0.15) is 44.1 Å². The van der Waals surface area contributed by atoms with Crippen LogP contribution in [0.2, 0.25) is 0 Å². The van der Waals surface area contributed by atoms with Crippen molar-refractivity contribution in [3.8, 4) is 0 Å². The van der Waals surface area contributed by atoms with Crippen LogP contribution < -0.4 is 5.32 Å². The largest absolute Gasteiger partial charge is 0.383 e. The molecule has 2 nitrogen and oxygen atoms in total. The fourth-order valence-corrected chi connectivity index (χ4v) is 4.09. The van der Waals surface area contributed by atoms with Crippen molar-refractivity contribution in [2.45, 2.75) is 49.5 Å². The SMILES string of the molecule is COCCNC12CCC(c3ccccc3)(CC1)CC2. The van der Waals surface area contributed by atoms with Crippen molar-refractivity contribution < 1.29 is 4.74 Å². The molecule has 0 aromatic heterocycles. The smallest absolute Gasteiger partial charge is 0.0587 e. The van der Waals surface area contributed by atoms with Gasteiger partial charge in [0.25, 0.3) is 0 Å². The van der Waals surface area contributed by atoms with Crippen LogP contribution in [0.5, 0.6) is 0 Å². The molecule has 19 heavy (non-hydrogen) atoms. The lowest BCUT2D eigenvalue weighted by molar-refractivity contribution is 0.0697. The highest BCUT2D eigenvalue weighted by atomic mass is 16.5. The third kappa shape index (κ3) is 2.44. The second-order valence-electron chi connectivity index (χ2n) is 6.35. The van der Waals surface area contributed by atoms with Gasteiger partial charge in [-0.1, -0.05) is 30.3 Å². The van der Waals surface area contributed by atoms with Crippen molar-refractivity contribution >= 4 is 0 Å². The number of fused-ring (bicyclic) bond motifs is 3. The number of rotatable bonds is 5. The Labute approximate surface area is 116 Å². The Morgan fingerprint density at radius 2 is 1.63 bits per heavy atom. The molecule has 0 unspecified atom stereocenters. The van der Waals surface area contributed by atoms with Crippen molar-refractivity contribution in [3.05, 3.63) is 35.9 Å². The zero-order chi connectivity index (χ0) is 13.2. The molecule has 1 N–H and O–H groups in total. The van der Waals surface area contributed by atoms with E-state index in [0.717, 1.165) is 13.2 Å². The predicted molar refractivity (Wildman–Crippen MR) is 78.4 cm³/mol. The van der Waals surface area contributed by atoms with E-state index in [1.807, 2.05) is 0 Å². The van der Waals surface area contributed by atoms with Gasteiger partial charge in [-0.2, -0.15) is 0 Å². The van der Waals surface area contributed by atoms with Crippen LogP contribution >= 0.6 is 0 Å². The van der Waals surface area contributed by atoms with E-state index in [1.54, 1.807) is 12.7 Å². The molecule has 0 heterocycles. The maximum absolute atomic E-state index is 5.16. The number of benzene rings is 1. The maximum atomic E-state index is 5.16. The van der Waals surface area contributed by atoms with Crippen LogP contribution in [-0.4, -0.2) is 25.8 Å². The van der Waals surface area contributed by atoms with E-state index in [9.17, 15) is 0 Å². The fourth-order valence-electron chi connectivity index (χ4n) is 4.09. The van der Waals surface area contributed by atoms with E-state index in [1.165, 1.54) is 38.5 Å². The van der Waals surface area contributed by atoms with Gasteiger partial charge in [-0.3, -0.25) is 0 Å². The molecular formula is C17H25NO. The van der Waals surface area contributed by atoms with Crippen molar-refractivity contribution in [2.24, 2.45) is 0 Å². The first-order valence-corrected chi connectivity index (χ1v) is 7.58. The second-order valence-corrected chi connectivity index (χ2v) is 6.35. The van der Waals surface area contributed by atoms with Gasteiger partial charge in [-0.25, -0.2) is 0 Å². The molecule has 0 atom stereocenters. The maximum Gasteiger partial charge on any atom is 0.0587 e. The van der Waals surface area contributed by atoms with Crippen LogP contribution in [0.4, 0.5) is 0 Å². The average Bonchev–Trinajstić information content (AvgIpc) is 2.50. The predicted octanol–water partition coefficient (Wildman–Crippen LogP) is 3.27. The number of methoxy groups -OCH3 is 1. The minimum atomic E-state index is 0.412. The van der Waals surface area contributed by atoms with Gasteiger partial charge in [0.2, 0.25) is 0 Å². The Balaban J connectivity index is 1.68. The topological polar surface area (TPSA) is 21.3 Å². The summed E-state index contributed by atoms with van der Waals surface area (Å²) in [4.78, 5) is 0. The Morgan fingerprint density at radius 3 is 2.21 bits per heavy atom. The lowest BCUT2D eigenvalue weighted by atomic mass is 9.55. The lowest BCUT2D eigenvalue weighted by Gasteiger charge is -2.54. The van der Waals surface area contributed by atoms with E-state index in [-0.39, 0.29) is 0 Å². The van der Waals surface area contributed by atoms with Crippen LogP contribution in [0, 0.1) is 0 Å². The van der Waals surface area contributed by atoms with Crippen molar-refractivity contribution in [1.29, 1.82) is 0 Å². The normalized spacial score (nSPS) is 33.5. The first kappa shape index (κ1) is 13.1. The summed E-state index contributed by atoms with van der Waals surface area (Å²) < 4.78 is 5.16. The monoisotopic (exact) mass is 259 g/mol. The van der Waals surface area contributed by atoms with Gasteiger partial charge in [-0.15, -0.1) is 0 Å². The van der Waals surface area contributed by atoms with Gasteiger partial charge in [0, 0.05) is 19.2 Å². The van der Waals surface area contributed by atoms with Crippen molar-refractivity contribution in [1.82, 2.24) is 5.32 Å². The highest BCUT2D eigenvalue weighted by molar-refractivity contribution is 5.29. The summed E-state index contributed by atoms with van der Waals surface area (Å²) in [5, 5.41) is 3.77. The van der Waals surface area contributed by atoms with Gasteiger partial charge < -0.3 is 10.1 Å². The molecule has 3 fully saturated rings. The van der Waals surface area contributed by atoms with Crippen molar-refractivity contribution in [2.75, 3.05) is 20.3 Å². The summed E-state index contributed by atoms with van der Waals surface area (Å²) in [5.41, 5.74) is 2.46. The molecule has 3 saturated carbocycles. The number of nitrogens with one attached hydrogen (secondary N) is 1. The van der Waals surface area contributed by atoms with Gasteiger partial charge >= 0.3 is 0 Å². The first-order chi connectivity index (χ1) is 9.29. The van der Waals surface area contributed by atoms with E-state index in [2.05, 4.69) is 35.6 Å². The Morgan fingerprint density at radius 1 is 1.00 bits per heavy atom. The molecule has 0 radical (unpaired) electrons. The molecule has 3 aliphatic carbocycles. The molecule has 4 rings (SSSR count). The molecule has 1 aromatic carbocycles. The minimum absolute atomic E-state index is 0.412. The summed E-state index contributed by atoms with van der Waals surface area (Å²) in [6.07, 6.45) is 8.01. The van der Waals surface area contributed by atoms with E-state index in [0.29, 0.717) is 11.0 Å². The summed E-state index contributed by atoms with van der Waals surface area (Å²) in [7, 11) is 1.78. The summed E-state index contributed by atoms with van der Waals surface area (Å²) in [5.74, 6) is 0. The van der Waals surface area contributed by atoms with Gasteiger partial charge in [-0.05, 0) is 49.5 Å².